The number of carbonyl (C=O) groups excluding carboxylic acids is 1. The molecule has 1 amide bonds. The standard InChI is InChI=1S/C14H24N2O3S/c17-14(10-16-13-7-9-20(18,19)11-13)15-8-6-12-4-2-1-3-5-12/h4,13,16H,1-3,5-11H2,(H,15,17). The molecule has 1 atom stereocenters. The highest BCUT2D eigenvalue weighted by Gasteiger charge is 2.27. The molecule has 0 aromatic carbocycles. The lowest BCUT2D eigenvalue weighted by atomic mass is 9.97. The molecular weight excluding hydrogens is 276 g/mol. The second-order valence-corrected chi connectivity index (χ2v) is 7.92. The van der Waals surface area contributed by atoms with Gasteiger partial charge in [-0.25, -0.2) is 8.42 Å². The molecule has 1 heterocycles. The number of allylic oxidation sites excluding steroid dienone is 1. The maximum Gasteiger partial charge on any atom is 0.233 e. The third kappa shape index (κ3) is 5.25. The summed E-state index contributed by atoms with van der Waals surface area (Å²) < 4.78 is 22.6. The Morgan fingerprint density at radius 2 is 2.20 bits per heavy atom. The fraction of sp³-hybridized carbons (Fsp3) is 0.786. The third-order valence-electron chi connectivity index (χ3n) is 3.94. The second kappa shape index (κ2) is 7.22. The van der Waals surface area contributed by atoms with Crippen molar-refractivity contribution in [3.05, 3.63) is 11.6 Å². The van der Waals surface area contributed by atoms with Crippen LogP contribution in [0.2, 0.25) is 0 Å². The van der Waals surface area contributed by atoms with Gasteiger partial charge in [-0.05, 0) is 38.5 Å². The molecule has 0 spiro atoms. The van der Waals surface area contributed by atoms with Gasteiger partial charge in [-0.2, -0.15) is 0 Å². The average molecular weight is 300 g/mol. The lowest BCUT2D eigenvalue weighted by Crippen LogP contribution is -2.40. The van der Waals surface area contributed by atoms with Gasteiger partial charge in [0.2, 0.25) is 5.91 Å². The minimum absolute atomic E-state index is 0.0503. The molecule has 0 aromatic heterocycles. The van der Waals surface area contributed by atoms with Crippen LogP contribution >= 0.6 is 0 Å². The minimum Gasteiger partial charge on any atom is -0.355 e. The molecule has 20 heavy (non-hydrogen) atoms. The summed E-state index contributed by atoms with van der Waals surface area (Å²) in [6.45, 7) is 0.883. The van der Waals surface area contributed by atoms with Crippen LogP contribution in [0.25, 0.3) is 0 Å². The average Bonchev–Trinajstić information content (AvgIpc) is 2.77. The fourth-order valence-corrected chi connectivity index (χ4v) is 4.46. The summed E-state index contributed by atoms with van der Waals surface area (Å²) in [7, 11) is -2.88. The van der Waals surface area contributed by atoms with Crippen LogP contribution in [0.1, 0.15) is 38.5 Å². The number of hydrogen-bond donors (Lipinski definition) is 2. The summed E-state index contributed by atoms with van der Waals surface area (Å²) in [6.07, 6.45) is 8.71. The highest BCUT2D eigenvalue weighted by Crippen LogP contribution is 2.19. The van der Waals surface area contributed by atoms with E-state index in [2.05, 4.69) is 16.7 Å². The zero-order valence-corrected chi connectivity index (χ0v) is 12.7. The number of carbonyl (C=O) groups is 1. The number of amides is 1. The van der Waals surface area contributed by atoms with Gasteiger partial charge in [-0.1, -0.05) is 11.6 Å². The molecular formula is C14H24N2O3S. The van der Waals surface area contributed by atoms with Crippen molar-refractivity contribution in [3.63, 3.8) is 0 Å². The molecule has 1 saturated heterocycles. The molecule has 0 aromatic rings. The molecule has 1 fully saturated rings. The summed E-state index contributed by atoms with van der Waals surface area (Å²) in [5.74, 6) is 0.346. The Balaban J connectivity index is 1.58. The number of nitrogens with one attached hydrogen (secondary N) is 2. The van der Waals surface area contributed by atoms with Crippen molar-refractivity contribution in [2.24, 2.45) is 0 Å². The summed E-state index contributed by atoms with van der Waals surface area (Å²) in [5.41, 5.74) is 1.45. The van der Waals surface area contributed by atoms with Crippen LogP contribution in [0, 0.1) is 0 Å². The monoisotopic (exact) mass is 300 g/mol. The third-order valence-corrected chi connectivity index (χ3v) is 5.70. The van der Waals surface area contributed by atoms with Crippen LogP contribution in [-0.2, 0) is 14.6 Å². The van der Waals surface area contributed by atoms with E-state index >= 15 is 0 Å². The molecule has 1 unspecified atom stereocenters. The zero-order chi connectivity index (χ0) is 14.4. The Kier molecular flexibility index (Phi) is 5.60. The Morgan fingerprint density at radius 3 is 2.85 bits per heavy atom. The molecule has 0 saturated carbocycles. The smallest absolute Gasteiger partial charge is 0.233 e. The van der Waals surface area contributed by atoms with Crippen molar-refractivity contribution in [3.8, 4) is 0 Å². The SMILES string of the molecule is O=C(CNC1CCS(=O)(=O)C1)NCCC1=CCCCC1. The van der Waals surface area contributed by atoms with E-state index in [0.717, 1.165) is 12.8 Å². The quantitative estimate of drug-likeness (QED) is 0.711. The van der Waals surface area contributed by atoms with Gasteiger partial charge in [0.25, 0.3) is 0 Å². The largest absolute Gasteiger partial charge is 0.355 e. The molecule has 0 radical (unpaired) electrons. The minimum atomic E-state index is -2.88. The summed E-state index contributed by atoms with van der Waals surface area (Å²) in [4.78, 5) is 11.7. The normalized spacial score (nSPS) is 25.2. The van der Waals surface area contributed by atoms with Crippen molar-refractivity contribution < 1.29 is 13.2 Å². The van der Waals surface area contributed by atoms with E-state index in [-0.39, 0.29) is 30.0 Å². The first-order valence-corrected chi connectivity index (χ1v) is 9.26. The lowest BCUT2D eigenvalue weighted by Gasteiger charge is -2.14. The van der Waals surface area contributed by atoms with Gasteiger partial charge >= 0.3 is 0 Å². The first-order chi connectivity index (χ1) is 9.55. The van der Waals surface area contributed by atoms with Crippen molar-refractivity contribution in [1.82, 2.24) is 10.6 Å². The molecule has 0 bridgehead atoms. The molecule has 6 heteroatoms. The molecule has 114 valence electrons. The molecule has 1 aliphatic heterocycles. The zero-order valence-electron chi connectivity index (χ0n) is 11.9. The molecule has 1 aliphatic carbocycles. The lowest BCUT2D eigenvalue weighted by molar-refractivity contribution is -0.120. The summed E-state index contributed by atoms with van der Waals surface area (Å²) in [6, 6.07) is -0.0631. The van der Waals surface area contributed by atoms with Crippen molar-refractivity contribution in [2.45, 2.75) is 44.6 Å². The summed E-state index contributed by atoms with van der Waals surface area (Å²) in [5, 5.41) is 5.90. The second-order valence-electron chi connectivity index (χ2n) is 5.69. The molecule has 2 aliphatic rings. The number of hydrogen-bond acceptors (Lipinski definition) is 4. The van der Waals surface area contributed by atoms with Gasteiger partial charge in [-0.3, -0.25) is 4.79 Å². The first kappa shape index (κ1) is 15.5. The fourth-order valence-electron chi connectivity index (χ4n) is 2.75. The van der Waals surface area contributed by atoms with Gasteiger partial charge in [0, 0.05) is 12.6 Å². The Labute approximate surface area is 121 Å². The van der Waals surface area contributed by atoms with Gasteiger partial charge in [0.15, 0.2) is 9.84 Å². The van der Waals surface area contributed by atoms with Gasteiger partial charge in [0.1, 0.15) is 0 Å². The number of sulfone groups is 1. The van der Waals surface area contributed by atoms with Crippen LogP contribution in [0.15, 0.2) is 11.6 Å². The van der Waals surface area contributed by atoms with E-state index in [1.165, 1.54) is 24.8 Å². The highest BCUT2D eigenvalue weighted by molar-refractivity contribution is 7.91. The van der Waals surface area contributed by atoms with Crippen molar-refractivity contribution in [1.29, 1.82) is 0 Å². The molecule has 2 N–H and O–H groups in total. The van der Waals surface area contributed by atoms with E-state index < -0.39 is 9.84 Å². The van der Waals surface area contributed by atoms with Crippen LogP contribution < -0.4 is 10.6 Å². The highest BCUT2D eigenvalue weighted by atomic mass is 32.2. The Morgan fingerprint density at radius 1 is 1.35 bits per heavy atom. The van der Waals surface area contributed by atoms with Crippen molar-refractivity contribution >= 4 is 15.7 Å². The van der Waals surface area contributed by atoms with Crippen LogP contribution in [0.5, 0.6) is 0 Å². The van der Waals surface area contributed by atoms with E-state index in [1.54, 1.807) is 0 Å². The van der Waals surface area contributed by atoms with Gasteiger partial charge in [-0.15, -0.1) is 0 Å². The number of rotatable bonds is 6. The van der Waals surface area contributed by atoms with Crippen LogP contribution in [0.4, 0.5) is 0 Å². The molecule has 2 rings (SSSR count). The Bertz CT molecular complexity index is 471. The van der Waals surface area contributed by atoms with E-state index in [1.807, 2.05) is 0 Å². The predicted molar refractivity (Wildman–Crippen MR) is 79.2 cm³/mol. The van der Waals surface area contributed by atoms with Crippen molar-refractivity contribution in [2.75, 3.05) is 24.6 Å². The maximum atomic E-state index is 11.7. The Hall–Kier alpha value is -0.880. The maximum absolute atomic E-state index is 11.7. The van der Waals surface area contributed by atoms with E-state index in [4.69, 9.17) is 0 Å². The molecule has 5 nitrogen and oxygen atoms in total. The predicted octanol–water partition coefficient (Wildman–Crippen LogP) is 0.770. The summed E-state index contributed by atoms with van der Waals surface area (Å²) >= 11 is 0. The van der Waals surface area contributed by atoms with E-state index in [9.17, 15) is 13.2 Å². The van der Waals surface area contributed by atoms with Gasteiger partial charge in [0.05, 0.1) is 18.1 Å². The van der Waals surface area contributed by atoms with Gasteiger partial charge < -0.3 is 10.6 Å². The van der Waals surface area contributed by atoms with Crippen LogP contribution in [0.3, 0.4) is 0 Å². The van der Waals surface area contributed by atoms with Crippen LogP contribution in [-0.4, -0.2) is 45.0 Å². The van der Waals surface area contributed by atoms with E-state index in [0.29, 0.717) is 13.0 Å². The topological polar surface area (TPSA) is 75.3 Å². The first-order valence-electron chi connectivity index (χ1n) is 7.43.